The van der Waals surface area contributed by atoms with Crippen molar-refractivity contribution < 1.29 is 32.0 Å². The summed E-state index contributed by atoms with van der Waals surface area (Å²) in [5.74, 6) is 3.57. The molecule has 0 unspecified atom stereocenters. The molecule has 5 aromatic rings. The zero-order valence-corrected chi connectivity index (χ0v) is 70.8. The summed E-state index contributed by atoms with van der Waals surface area (Å²) in [6.07, 6.45) is 14.2. The number of nitrogens with one attached hydrogen (secondary N) is 5. The average molecular weight is 1500 g/mol. The molecule has 11 rings (SSSR count). The Morgan fingerprint density at radius 3 is 1.53 bits per heavy atom. The number of aromatic nitrogens is 8. The monoisotopic (exact) mass is 1500 g/mol. The van der Waals surface area contributed by atoms with E-state index in [1.165, 1.54) is 53.0 Å². The molecule has 6 aliphatic rings. The quantitative estimate of drug-likeness (QED) is 0.0903. The van der Waals surface area contributed by atoms with Gasteiger partial charge in [0.2, 0.25) is 11.8 Å². The zero-order valence-electron chi connectivity index (χ0n) is 70.8. The molecule has 10 heterocycles. The number of aliphatic imine (C=N–C) groups is 2. The Labute approximate surface area is 641 Å². The number of hydrogen-bond donors (Lipinski definition) is 5. The number of aryl methyl sites for hydroxylation is 1. The van der Waals surface area contributed by atoms with Gasteiger partial charge in [-0.15, -0.1) is 10.2 Å². The Bertz CT molecular complexity index is 4070. The maximum Gasteiger partial charge on any atom is 0.421 e. The van der Waals surface area contributed by atoms with Gasteiger partial charge >= 0.3 is 12.1 Å². The maximum absolute atomic E-state index is 12.4. The van der Waals surface area contributed by atoms with E-state index in [9.17, 15) is 27.6 Å². The molecule has 0 radical (unpaired) electrons. The summed E-state index contributed by atoms with van der Waals surface area (Å²) >= 11 is 0. The van der Waals surface area contributed by atoms with E-state index in [4.69, 9.17) is 9.15 Å². The molecule has 596 valence electrons. The third-order valence-electron chi connectivity index (χ3n) is 15.9. The number of hydrogen-bond acceptors (Lipinski definition) is 18. The molecule has 0 aliphatic carbocycles. The van der Waals surface area contributed by atoms with E-state index >= 15 is 0 Å². The van der Waals surface area contributed by atoms with Crippen LogP contribution in [0.3, 0.4) is 0 Å². The minimum atomic E-state index is -4.60. The molecule has 4 aromatic heterocycles. The van der Waals surface area contributed by atoms with Crippen molar-refractivity contribution in [1.29, 1.82) is 0 Å². The molecular weight excluding hydrogens is 1370 g/mol. The highest BCUT2D eigenvalue weighted by Crippen LogP contribution is 2.35. The molecule has 24 heteroatoms. The van der Waals surface area contributed by atoms with Crippen molar-refractivity contribution in [3.8, 4) is 0 Å². The molecule has 21 nitrogen and oxygen atoms in total. The van der Waals surface area contributed by atoms with Gasteiger partial charge in [-0.1, -0.05) is 250 Å². The van der Waals surface area contributed by atoms with Gasteiger partial charge in [-0.05, 0) is 63.3 Å². The highest BCUT2D eigenvalue weighted by molar-refractivity contribution is 6.04. The number of alkyl halides is 3. The predicted molar refractivity (Wildman–Crippen MR) is 434 cm³/mol. The standard InChI is InChI=1S/C11H14N2.C10H12F3NO.C10H15N.C9H15N.C8H12N2O.C8H13NO.C8H13N.C7H12N2O.C7H11NO2.C6H11N3/c1-11(2,3)9-4-5-10-8(6-9)7-12-13-10;1-9(2,3)6-4-7(10(11,12)13)8(15)14-5-6;1-8-5-6-9(11-7-8)10(2,3)4;1-7-5-8(6-10-7)9(2,3)4;1-8(2,3)6-4-7(11)10-5-9-6;1-6-9-5-7(10-6)8(2,3)4;1-8(2,3)7-5-4-6-9-7;1-5-8-9-6(10-5)7(2,3)4;1-7(2,3)5-4-6(9)10-8-5;1-6(2,3)5-7-4-8-9-5/h4-6H,7H2,1-3H3;4-5H,1-3H3,(H,14,15);5-6H,1,7H2,2-4H3;6,10H,1,5H2,2-4H3;4-5H,1-3H3,(H,9,10,11);5,9H,1H2,2-4H3;5-6H,4H2,1-3H3;1-4H3;4H2,1-3H3;4H,1-3H3,(H,7,8,9). The number of H-pyrrole nitrogens is 3. The second-order valence-corrected chi connectivity index (χ2v) is 36.9. The van der Waals surface area contributed by atoms with Crippen molar-refractivity contribution >= 4 is 29.3 Å². The van der Waals surface area contributed by atoms with Gasteiger partial charge in [0.1, 0.15) is 23.5 Å². The van der Waals surface area contributed by atoms with Crippen molar-refractivity contribution in [1.82, 2.24) is 51.0 Å². The molecule has 0 saturated carbocycles. The average Bonchev–Trinajstić information content (AvgIpc) is 1.08. The first-order valence-electron chi connectivity index (χ1n) is 36.3. The largest absolute Gasteiger partial charge is 0.444 e. The topological polar surface area (TPSA) is 280 Å². The molecular formula is C84H128F3N15O6. The van der Waals surface area contributed by atoms with Crippen LogP contribution in [0, 0.1) is 34.0 Å². The minimum Gasteiger partial charge on any atom is -0.444 e. The summed E-state index contributed by atoms with van der Waals surface area (Å²) < 4.78 is 47.7. The van der Waals surface area contributed by atoms with Gasteiger partial charge in [-0.25, -0.2) is 14.8 Å². The third-order valence-corrected chi connectivity index (χ3v) is 15.9. The van der Waals surface area contributed by atoms with Crippen LogP contribution < -0.4 is 21.8 Å². The van der Waals surface area contributed by atoms with Crippen molar-refractivity contribution in [2.45, 2.75) is 274 Å². The molecule has 0 bridgehead atoms. The van der Waals surface area contributed by atoms with Crippen LogP contribution in [0.15, 0.2) is 173 Å². The van der Waals surface area contributed by atoms with Gasteiger partial charge in [0.25, 0.3) is 11.1 Å². The summed E-state index contributed by atoms with van der Waals surface area (Å²) in [5.41, 5.74) is 10.0. The zero-order chi connectivity index (χ0) is 83.2. The van der Waals surface area contributed by atoms with Crippen molar-refractivity contribution in [2.24, 2.45) is 52.4 Å². The number of nitrogens with zero attached hydrogens (tertiary/aromatic N) is 10. The Hall–Kier alpha value is -9.22. The number of aromatic amines is 3. The first-order valence-corrected chi connectivity index (χ1v) is 36.3. The molecule has 5 N–H and O–H groups in total. The Morgan fingerprint density at radius 2 is 1.20 bits per heavy atom. The second kappa shape index (κ2) is 38.7. The summed E-state index contributed by atoms with van der Waals surface area (Å²) in [5, 5.41) is 31.9. The molecule has 108 heavy (non-hydrogen) atoms. The number of azo groups is 1. The lowest BCUT2D eigenvalue weighted by Gasteiger charge is -2.21. The Kier molecular flexibility index (Phi) is 34.0. The van der Waals surface area contributed by atoms with Crippen LogP contribution in [0.25, 0.3) is 0 Å². The number of benzene rings is 1. The summed E-state index contributed by atoms with van der Waals surface area (Å²) in [7, 11) is 0. The van der Waals surface area contributed by atoms with Gasteiger partial charge in [-0.3, -0.25) is 24.7 Å². The van der Waals surface area contributed by atoms with Gasteiger partial charge in [-0.2, -0.15) is 28.5 Å². The molecule has 0 amide bonds. The van der Waals surface area contributed by atoms with E-state index in [-0.39, 0.29) is 54.8 Å². The van der Waals surface area contributed by atoms with E-state index in [1.54, 1.807) is 27.7 Å². The van der Waals surface area contributed by atoms with Gasteiger partial charge in [0.05, 0.1) is 42.9 Å². The fourth-order valence-corrected chi connectivity index (χ4v) is 8.80. The second-order valence-electron chi connectivity index (χ2n) is 36.9. The summed E-state index contributed by atoms with van der Waals surface area (Å²) in [6, 6.07) is 8.85. The highest BCUT2D eigenvalue weighted by Gasteiger charge is 2.35. The van der Waals surface area contributed by atoms with Gasteiger partial charge in [0.15, 0.2) is 5.88 Å². The van der Waals surface area contributed by atoms with Crippen LogP contribution in [0.2, 0.25) is 0 Å². The van der Waals surface area contributed by atoms with E-state index in [0.717, 1.165) is 71.9 Å². The predicted octanol–water partition coefficient (Wildman–Crippen LogP) is 20.8. The normalized spacial score (nSPS) is 15.4. The first kappa shape index (κ1) is 94.9. The molecule has 0 saturated heterocycles. The number of carbonyl (C=O) groups is 1. The molecule has 1 aromatic carbocycles. The number of rotatable bonds is 0. The number of allylic oxidation sites excluding steroid dienone is 5. The van der Waals surface area contributed by atoms with E-state index < -0.39 is 22.7 Å². The molecule has 0 atom stereocenters. The molecule has 0 fully saturated rings. The number of oxime groups is 1. The SMILES string of the molecule is C=C1C=CC(C(C)(C)C)=NC1.C=C1CC(C(C)(C)C)=CN1.C=C1NC=C(C(C)(C)C)O1.CC(C)(C)C1=CCC=N1.CC(C)(C)C1=NOC(=O)C1.CC(C)(C)c1c[nH]c(=O)c(C(F)(F)F)c1.CC(C)(C)c1cc(=O)[nH]cn1.CC(C)(C)c1ccc2c(c1)CN=N2.CC(C)(C)c1ncn[nH]1.Cc1nnc(C(C)(C)C)o1. The van der Waals surface area contributed by atoms with Crippen LogP contribution in [0.4, 0.5) is 18.9 Å². The van der Waals surface area contributed by atoms with Crippen molar-refractivity contribution in [3.63, 3.8) is 0 Å². The Balaban J connectivity index is 0.000000409. The summed E-state index contributed by atoms with van der Waals surface area (Å²) in [4.78, 5) is 58.1. The Morgan fingerprint density at radius 1 is 0.583 bits per heavy atom. The third kappa shape index (κ3) is 35.2. The molecule has 0 spiro atoms. The maximum atomic E-state index is 12.4. The van der Waals surface area contributed by atoms with Gasteiger partial charge < -0.3 is 34.6 Å². The van der Waals surface area contributed by atoms with E-state index in [2.05, 4.69) is 262 Å². The van der Waals surface area contributed by atoms with Crippen molar-refractivity contribution in [2.75, 3.05) is 6.54 Å². The first-order chi connectivity index (χ1) is 48.9. The number of fused-ring (bicyclic) bond motifs is 1. The number of dihydropyridines is 1. The lowest BCUT2D eigenvalue weighted by atomic mass is 9.86. The smallest absolute Gasteiger partial charge is 0.421 e. The minimum absolute atomic E-state index is 0.0265. The van der Waals surface area contributed by atoms with Crippen LogP contribution in [-0.2, 0) is 54.2 Å². The van der Waals surface area contributed by atoms with Crippen LogP contribution >= 0.6 is 0 Å². The number of ether oxygens (including phenoxy) is 1. The number of halogens is 3. The molecule has 6 aliphatic heterocycles. The lowest BCUT2D eigenvalue weighted by Crippen LogP contribution is -2.24. The van der Waals surface area contributed by atoms with Gasteiger partial charge in [0, 0.05) is 111 Å². The summed E-state index contributed by atoms with van der Waals surface area (Å²) in [6.45, 7) is 77.1. The fraction of sp³-hybridized carbons (Fsp3) is 0.560. The van der Waals surface area contributed by atoms with E-state index in [0.29, 0.717) is 35.1 Å². The van der Waals surface area contributed by atoms with E-state index in [1.807, 2.05) is 80.8 Å². The number of pyridine rings is 1. The van der Waals surface area contributed by atoms with Crippen LogP contribution in [-0.4, -0.2) is 70.5 Å². The fourth-order valence-electron chi connectivity index (χ4n) is 8.80. The van der Waals surface area contributed by atoms with Crippen LogP contribution in [0.5, 0.6) is 0 Å². The lowest BCUT2D eigenvalue weighted by molar-refractivity contribution is -0.140. The van der Waals surface area contributed by atoms with Crippen molar-refractivity contribution in [3.05, 3.63) is 200 Å². The highest BCUT2D eigenvalue weighted by atomic mass is 19.4. The van der Waals surface area contributed by atoms with Crippen LogP contribution in [0.1, 0.15) is 273 Å². The number of carbonyl (C=O) groups excluding carboxylic acids is 1.